The molecule has 0 radical (unpaired) electrons. The lowest BCUT2D eigenvalue weighted by atomic mass is 10.00. The summed E-state index contributed by atoms with van der Waals surface area (Å²) in [5.74, 6) is 0. The van der Waals surface area contributed by atoms with Crippen LogP contribution >= 0.6 is 0 Å². The summed E-state index contributed by atoms with van der Waals surface area (Å²) < 4.78 is 21.3. The highest BCUT2D eigenvalue weighted by atomic mass is 28.4. The lowest BCUT2D eigenvalue weighted by Gasteiger charge is -2.42. The molecule has 0 aromatic rings. The van der Waals surface area contributed by atoms with Crippen LogP contribution in [0.15, 0.2) is 0 Å². The first-order chi connectivity index (χ1) is 27.6. The molecule has 0 aromatic carbocycles. The third-order valence-corrected chi connectivity index (χ3v) is 23.6. The van der Waals surface area contributed by atoms with E-state index in [0.29, 0.717) is 6.42 Å². The Morgan fingerprint density at radius 2 is 0.724 bits per heavy atom. The summed E-state index contributed by atoms with van der Waals surface area (Å²) in [5.41, 5.74) is 0. The van der Waals surface area contributed by atoms with Crippen LogP contribution in [0.5, 0.6) is 0 Å². The monoisotopic (exact) mass is 851 g/mol. The van der Waals surface area contributed by atoms with E-state index < -0.39 is 16.6 Å². The molecule has 0 aliphatic carbocycles. The van der Waals surface area contributed by atoms with Gasteiger partial charge in [0, 0.05) is 6.42 Å². The molecular formula is C52H106O4Si2. The largest absolute Gasteiger partial charge is 0.411 e. The molecule has 1 saturated heterocycles. The number of hydrogen-bond acceptors (Lipinski definition) is 4. The Bertz CT molecular complexity index is 954. The molecule has 4 atom stereocenters. The quantitative estimate of drug-likeness (QED) is 0.0351. The van der Waals surface area contributed by atoms with Crippen molar-refractivity contribution in [3.63, 3.8) is 0 Å². The molecule has 58 heavy (non-hydrogen) atoms. The molecule has 1 heterocycles. The Labute approximate surface area is 367 Å². The first kappa shape index (κ1) is 56.0. The molecule has 346 valence electrons. The number of carbonyl (C=O) groups is 1. The van der Waals surface area contributed by atoms with Gasteiger partial charge in [-0.2, -0.15) is 0 Å². The zero-order valence-electron chi connectivity index (χ0n) is 41.6. The van der Waals surface area contributed by atoms with Crippen molar-refractivity contribution in [2.75, 3.05) is 0 Å². The van der Waals surface area contributed by atoms with E-state index in [9.17, 15) is 4.79 Å². The van der Waals surface area contributed by atoms with E-state index in [4.69, 9.17) is 13.6 Å². The highest BCUT2D eigenvalue weighted by molar-refractivity contribution is 6.74. The lowest BCUT2D eigenvalue weighted by Crippen LogP contribution is -2.48. The van der Waals surface area contributed by atoms with E-state index in [2.05, 4.69) is 74.7 Å². The normalized spacial score (nSPS) is 17.9. The maximum Gasteiger partial charge on any atom is 0.192 e. The molecule has 1 aliphatic rings. The minimum Gasteiger partial charge on any atom is -0.411 e. The van der Waals surface area contributed by atoms with Gasteiger partial charge < -0.3 is 18.4 Å². The summed E-state index contributed by atoms with van der Waals surface area (Å²) in [5, 5.41) is 0.351. The summed E-state index contributed by atoms with van der Waals surface area (Å²) in [4.78, 5) is 10.9. The zero-order valence-corrected chi connectivity index (χ0v) is 43.6. The molecule has 0 spiro atoms. The van der Waals surface area contributed by atoms with E-state index in [1.165, 1.54) is 167 Å². The predicted octanol–water partition coefficient (Wildman–Crippen LogP) is 18.0. The third kappa shape index (κ3) is 26.5. The topological polar surface area (TPSA) is 44.8 Å². The van der Waals surface area contributed by atoms with Gasteiger partial charge in [-0.05, 0) is 68.4 Å². The maximum absolute atomic E-state index is 10.9. The molecule has 0 bridgehead atoms. The molecule has 0 N–H and O–H groups in total. The minimum atomic E-state index is -1.95. The van der Waals surface area contributed by atoms with Crippen LogP contribution in [0.1, 0.15) is 267 Å². The van der Waals surface area contributed by atoms with Crippen molar-refractivity contribution in [1.82, 2.24) is 0 Å². The summed E-state index contributed by atoms with van der Waals surface area (Å²) in [6, 6.07) is 0. The standard InChI is InChI=1S/C52H106O4Si2/c1-12-13-14-15-16-17-18-19-20-21-22-23-24-25-26-27-28-29-30-31-32-33-34-35-36-39-42-49(55-57(8,9)51(2,3)4)47-44-45-48(54-47)50(43-40-37-38-41-46-53)56-58(10,11)52(5,6)7/h46-50H,12-45H2,1-11H3/t47-,48-,49+,50-/m1/s1. The highest BCUT2D eigenvalue weighted by Crippen LogP contribution is 2.42. The number of aldehydes is 1. The van der Waals surface area contributed by atoms with Gasteiger partial charge in [0.25, 0.3) is 0 Å². The summed E-state index contributed by atoms with van der Waals surface area (Å²) in [7, 11) is -3.88. The zero-order chi connectivity index (χ0) is 43.2. The van der Waals surface area contributed by atoms with Crippen LogP contribution in [-0.2, 0) is 18.4 Å². The second-order valence-corrected chi connectivity index (χ2v) is 31.6. The van der Waals surface area contributed by atoms with E-state index in [-0.39, 0.29) is 34.5 Å². The molecule has 0 unspecified atom stereocenters. The Morgan fingerprint density at radius 3 is 0.983 bits per heavy atom. The van der Waals surface area contributed by atoms with Gasteiger partial charge in [-0.25, -0.2) is 0 Å². The number of carbonyl (C=O) groups excluding carboxylic acids is 1. The average Bonchev–Trinajstić information content (AvgIpc) is 3.64. The number of hydrogen-bond donors (Lipinski definition) is 0. The average molecular weight is 852 g/mol. The van der Waals surface area contributed by atoms with Gasteiger partial charge in [-0.1, -0.05) is 228 Å². The van der Waals surface area contributed by atoms with Crippen LogP contribution < -0.4 is 0 Å². The fourth-order valence-electron chi connectivity index (χ4n) is 8.40. The Hall–Kier alpha value is -0.0162. The summed E-state index contributed by atoms with van der Waals surface area (Å²) in [6.07, 6.45) is 47.0. The van der Waals surface area contributed by atoms with Crippen molar-refractivity contribution in [2.45, 2.75) is 327 Å². The first-order valence-corrected chi connectivity index (χ1v) is 31.8. The van der Waals surface area contributed by atoms with Crippen molar-refractivity contribution < 1.29 is 18.4 Å². The Kier molecular flexibility index (Phi) is 31.5. The van der Waals surface area contributed by atoms with Gasteiger partial charge in [0.1, 0.15) is 6.29 Å². The van der Waals surface area contributed by atoms with Crippen LogP contribution in [-0.4, -0.2) is 47.3 Å². The number of ether oxygens (including phenoxy) is 1. The lowest BCUT2D eigenvalue weighted by molar-refractivity contribution is -0.107. The van der Waals surface area contributed by atoms with Crippen LogP contribution in [0.3, 0.4) is 0 Å². The van der Waals surface area contributed by atoms with E-state index >= 15 is 0 Å². The second kappa shape index (κ2) is 32.6. The van der Waals surface area contributed by atoms with Crippen molar-refractivity contribution >= 4 is 22.9 Å². The number of rotatable bonds is 39. The van der Waals surface area contributed by atoms with E-state index in [1.807, 2.05) is 0 Å². The summed E-state index contributed by atoms with van der Waals surface area (Å²) in [6.45, 7) is 26.0. The molecule has 1 rings (SSSR count). The van der Waals surface area contributed by atoms with Gasteiger partial charge in [-0.15, -0.1) is 0 Å². The van der Waals surface area contributed by atoms with Gasteiger partial charge in [0.05, 0.1) is 24.4 Å². The third-order valence-electron chi connectivity index (χ3n) is 14.6. The first-order valence-electron chi connectivity index (χ1n) is 26.0. The Morgan fingerprint density at radius 1 is 0.466 bits per heavy atom. The van der Waals surface area contributed by atoms with Crippen LogP contribution in [0.4, 0.5) is 0 Å². The van der Waals surface area contributed by atoms with Crippen molar-refractivity contribution in [1.29, 1.82) is 0 Å². The fraction of sp³-hybridized carbons (Fsp3) is 0.981. The predicted molar refractivity (Wildman–Crippen MR) is 262 cm³/mol. The highest BCUT2D eigenvalue weighted by Gasteiger charge is 2.45. The maximum atomic E-state index is 10.9. The molecule has 0 saturated carbocycles. The van der Waals surface area contributed by atoms with Gasteiger partial charge in [0.2, 0.25) is 0 Å². The van der Waals surface area contributed by atoms with Gasteiger partial charge in [0.15, 0.2) is 16.6 Å². The van der Waals surface area contributed by atoms with Crippen LogP contribution in [0, 0.1) is 0 Å². The van der Waals surface area contributed by atoms with Crippen LogP contribution in [0.2, 0.25) is 36.3 Å². The van der Waals surface area contributed by atoms with Crippen molar-refractivity contribution in [2.24, 2.45) is 0 Å². The molecular weight excluding hydrogens is 745 g/mol. The molecule has 0 aromatic heterocycles. The minimum absolute atomic E-state index is 0.134. The molecule has 1 fully saturated rings. The molecule has 1 aliphatic heterocycles. The van der Waals surface area contributed by atoms with E-state index in [0.717, 1.165) is 51.2 Å². The molecule has 4 nitrogen and oxygen atoms in total. The Balaban J connectivity index is 2.31. The number of unbranched alkanes of at least 4 members (excludes halogenated alkanes) is 28. The summed E-state index contributed by atoms with van der Waals surface area (Å²) >= 11 is 0. The van der Waals surface area contributed by atoms with Gasteiger partial charge >= 0.3 is 0 Å². The SMILES string of the molecule is CCCCCCCCCCCCCCCCCCCCCCCCCCCC[C@H](O[Si](C)(C)C(C)(C)C)[C@H]1CC[C@H]([C@@H](CCCCCC=O)O[Si](C)(C)C(C)(C)C)O1. The molecule has 6 heteroatoms. The second-order valence-electron chi connectivity index (χ2n) is 22.1. The van der Waals surface area contributed by atoms with Crippen molar-refractivity contribution in [3.8, 4) is 0 Å². The fourth-order valence-corrected chi connectivity index (χ4v) is 11.2. The smallest absolute Gasteiger partial charge is 0.192 e. The van der Waals surface area contributed by atoms with Crippen molar-refractivity contribution in [3.05, 3.63) is 0 Å². The van der Waals surface area contributed by atoms with Gasteiger partial charge in [-0.3, -0.25) is 0 Å². The van der Waals surface area contributed by atoms with Crippen LogP contribution in [0.25, 0.3) is 0 Å². The van der Waals surface area contributed by atoms with E-state index in [1.54, 1.807) is 0 Å². The molecule has 0 amide bonds.